The highest BCUT2D eigenvalue weighted by molar-refractivity contribution is 7.99. The minimum atomic E-state index is 0.738. The number of aryl methyl sites for hydroxylation is 1. The minimum absolute atomic E-state index is 0.738. The third-order valence-electron chi connectivity index (χ3n) is 2.13. The molecule has 0 aliphatic rings. The maximum Gasteiger partial charge on any atom is 0.255 e. The molecule has 0 unspecified atom stereocenters. The van der Waals surface area contributed by atoms with Crippen molar-refractivity contribution in [2.24, 2.45) is 0 Å². The summed E-state index contributed by atoms with van der Waals surface area (Å²) in [4.78, 5) is 8.46. The van der Waals surface area contributed by atoms with Crippen molar-refractivity contribution in [3.05, 3.63) is 42.0 Å². The Kier molecular flexibility index (Phi) is 4.58. The maximum atomic E-state index is 5.24. The first-order valence-electron chi connectivity index (χ1n) is 5.50. The fourth-order valence-electron chi connectivity index (χ4n) is 1.33. The summed E-state index contributed by atoms with van der Waals surface area (Å²) >= 11 is 1.62. The largest absolute Gasteiger partial charge is 0.440 e. The Morgan fingerprint density at radius 2 is 2.35 bits per heavy atom. The summed E-state index contributed by atoms with van der Waals surface area (Å²) in [7, 11) is 0. The molecule has 4 nitrogen and oxygen atoms in total. The van der Waals surface area contributed by atoms with Crippen LogP contribution in [0.3, 0.4) is 0 Å². The molecule has 2 aromatic rings. The van der Waals surface area contributed by atoms with Crippen LogP contribution in [-0.4, -0.2) is 22.3 Å². The van der Waals surface area contributed by atoms with Gasteiger partial charge in [0.25, 0.3) is 5.22 Å². The molecule has 0 bridgehead atoms. The van der Waals surface area contributed by atoms with Crippen molar-refractivity contribution in [3.8, 4) is 0 Å². The van der Waals surface area contributed by atoms with Crippen molar-refractivity contribution >= 4 is 11.8 Å². The average Bonchev–Trinajstić information content (AvgIpc) is 2.76. The van der Waals surface area contributed by atoms with Gasteiger partial charge in [-0.1, -0.05) is 17.8 Å². The molecular weight excluding hydrogens is 234 g/mol. The molecule has 17 heavy (non-hydrogen) atoms. The first-order valence-corrected chi connectivity index (χ1v) is 6.49. The third-order valence-corrected chi connectivity index (χ3v) is 2.98. The lowest BCUT2D eigenvalue weighted by atomic mass is 10.3. The zero-order valence-electron chi connectivity index (χ0n) is 9.72. The fraction of sp³-hybridized carbons (Fsp3) is 0.333. The van der Waals surface area contributed by atoms with Crippen LogP contribution in [0.15, 0.2) is 40.3 Å². The number of oxazole rings is 1. The molecule has 0 radical (unpaired) electrons. The Hall–Kier alpha value is -1.33. The van der Waals surface area contributed by atoms with Crippen molar-refractivity contribution in [1.29, 1.82) is 0 Å². The van der Waals surface area contributed by atoms with Crippen LogP contribution in [0.5, 0.6) is 0 Å². The second-order valence-electron chi connectivity index (χ2n) is 3.60. The SMILES string of the molecule is Cc1coc(SCCNCc2ccccn2)n1. The first kappa shape index (κ1) is 12.1. The lowest BCUT2D eigenvalue weighted by molar-refractivity contribution is 0.454. The number of thioether (sulfide) groups is 1. The summed E-state index contributed by atoms with van der Waals surface area (Å²) in [5.74, 6) is 0.937. The third kappa shape index (κ3) is 4.20. The summed E-state index contributed by atoms with van der Waals surface area (Å²) in [6.45, 7) is 3.63. The van der Waals surface area contributed by atoms with Gasteiger partial charge in [-0.05, 0) is 19.1 Å². The molecule has 0 spiro atoms. The van der Waals surface area contributed by atoms with Crippen molar-refractivity contribution in [1.82, 2.24) is 15.3 Å². The van der Waals surface area contributed by atoms with E-state index in [4.69, 9.17) is 4.42 Å². The van der Waals surface area contributed by atoms with Crippen LogP contribution >= 0.6 is 11.8 Å². The topological polar surface area (TPSA) is 51.0 Å². The summed E-state index contributed by atoms with van der Waals surface area (Å²) < 4.78 is 5.24. The van der Waals surface area contributed by atoms with E-state index < -0.39 is 0 Å². The highest BCUT2D eigenvalue weighted by Gasteiger charge is 2.00. The second kappa shape index (κ2) is 6.42. The van der Waals surface area contributed by atoms with E-state index in [0.717, 1.165) is 35.5 Å². The molecule has 0 amide bonds. The van der Waals surface area contributed by atoms with Gasteiger partial charge < -0.3 is 9.73 Å². The second-order valence-corrected chi connectivity index (χ2v) is 4.65. The molecule has 0 atom stereocenters. The van der Waals surface area contributed by atoms with Crippen LogP contribution in [0.4, 0.5) is 0 Å². The van der Waals surface area contributed by atoms with Gasteiger partial charge in [0.1, 0.15) is 6.26 Å². The van der Waals surface area contributed by atoms with E-state index in [1.165, 1.54) is 0 Å². The van der Waals surface area contributed by atoms with Gasteiger partial charge in [-0.2, -0.15) is 0 Å². The Morgan fingerprint density at radius 1 is 1.41 bits per heavy atom. The van der Waals surface area contributed by atoms with E-state index in [-0.39, 0.29) is 0 Å². The lowest BCUT2D eigenvalue weighted by Crippen LogP contribution is -2.17. The summed E-state index contributed by atoms with van der Waals surface area (Å²) in [6.07, 6.45) is 3.48. The molecule has 0 saturated carbocycles. The number of hydrogen-bond acceptors (Lipinski definition) is 5. The van der Waals surface area contributed by atoms with E-state index in [2.05, 4.69) is 15.3 Å². The molecule has 0 saturated heterocycles. The molecule has 0 aliphatic heterocycles. The summed E-state index contributed by atoms with van der Waals surface area (Å²) in [6, 6.07) is 5.93. The van der Waals surface area contributed by atoms with E-state index in [1.54, 1.807) is 24.2 Å². The highest BCUT2D eigenvalue weighted by atomic mass is 32.2. The normalized spacial score (nSPS) is 10.6. The monoisotopic (exact) mass is 249 g/mol. The minimum Gasteiger partial charge on any atom is -0.440 e. The predicted octanol–water partition coefficient (Wildman–Crippen LogP) is 2.26. The summed E-state index contributed by atoms with van der Waals surface area (Å²) in [5, 5.41) is 4.06. The van der Waals surface area contributed by atoms with Crippen molar-refractivity contribution < 1.29 is 4.42 Å². The number of nitrogens with one attached hydrogen (secondary N) is 1. The van der Waals surface area contributed by atoms with Gasteiger partial charge in [-0.25, -0.2) is 4.98 Å². The fourth-order valence-corrected chi connectivity index (χ4v) is 2.07. The van der Waals surface area contributed by atoms with Crippen LogP contribution in [-0.2, 0) is 6.54 Å². The van der Waals surface area contributed by atoms with Gasteiger partial charge in [0, 0.05) is 25.0 Å². The molecule has 1 N–H and O–H groups in total. The molecule has 5 heteroatoms. The van der Waals surface area contributed by atoms with Crippen molar-refractivity contribution in [3.63, 3.8) is 0 Å². The van der Waals surface area contributed by atoms with Crippen LogP contribution in [0, 0.1) is 6.92 Å². The highest BCUT2D eigenvalue weighted by Crippen LogP contribution is 2.15. The molecular formula is C12H15N3OS. The van der Waals surface area contributed by atoms with Gasteiger partial charge in [0.15, 0.2) is 0 Å². The Bertz CT molecular complexity index is 444. The average molecular weight is 249 g/mol. The van der Waals surface area contributed by atoms with Gasteiger partial charge in [0.05, 0.1) is 11.4 Å². The van der Waals surface area contributed by atoms with Gasteiger partial charge in [-0.15, -0.1) is 0 Å². The smallest absolute Gasteiger partial charge is 0.255 e. The van der Waals surface area contributed by atoms with Gasteiger partial charge in [0.2, 0.25) is 0 Å². The Balaban J connectivity index is 1.61. The molecule has 2 heterocycles. The van der Waals surface area contributed by atoms with E-state index >= 15 is 0 Å². The number of aromatic nitrogens is 2. The van der Waals surface area contributed by atoms with Crippen LogP contribution < -0.4 is 5.32 Å². The molecule has 2 rings (SSSR count). The number of rotatable bonds is 6. The zero-order valence-corrected chi connectivity index (χ0v) is 10.5. The number of hydrogen-bond donors (Lipinski definition) is 1. The Labute approximate surface area is 105 Å². The van der Waals surface area contributed by atoms with Crippen molar-refractivity contribution in [2.75, 3.05) is 12.3 Å². The quantitative estimate of drug-likeness (QED) is 0.628. The van der Waals surface area contributed by atoms with Crippen LogP contribution in [0.25, 0.3) is 0 Å². The number of pyridine rings is 1. The maximum absolute atomic E-state index is 5.24. The summed E-state index contributed by atoms with van der Waals surface area (Å²) in [5.41, 5.74) is 1.98. The van der Waals surface area contributed by atoms with Crippen LogP contribution in [0.2, 0.25) is 0 Å². The number of nitrogens with zero attached hydrogens (tertiary/aromatic N) is 2. The van der Waals surface area contributed by atoms with Crippen molar-refractivity contribution in [2.45, 2.75) is 18.7 Å². The first-order chi connectivity index (χ1) is 8.34. The molecule has 0 aliphatic carbocycles. The Morgan fingerprint density at radius 3 is 3.06 bits per heavy atom. The molecule has 2 aromatic heterocycles. The zero-order chi connectivity index (χ0) is 11.9. The standard InChI is InChI=1S/C12H15N3OS/c1-10-9-16-12(15-10)17-7-6-13-8-11-4-2-3-5-14-11/h2-5,9,13H,6-8H2,1H3. The van der Waals surface area contributed by atoms with E-state index in [9.17, 15) is 0 Å². The lowest BCUT2D eigenvalue weighted by Gasteiger charge is -2.02. The predicted molar refractivity (Wildman–Crippen MR) is 67.9 cm³/mol. The molecule has 0 fully saturated rings. The van der Waals surface area contributed by atoms with E-state index in [1.807, 2.05) is 25.1 Å². The molecule has 0 aromatic carbocycles. The molecule has 90 valence electrons. The van der Waals surface area contributed by atoms with Gasteiger partial charge >= 0.3 is 0 Å². The van der Waals surface area contributed by atoms with Gasteiger partial charge in [-0.3, -0.25) is 4.98 Å². The van der Waals surface area contributed by atoms with Crippen LogP contribution in [0.1, 0.15) is 11.4 Å². The van der Waals surface area contributed by atoms with E-state index in [0.29, 0.717) is 0 Å².